The van der Waals surface area contributed by atoms with Crippen LogP contribution in [-0.4, -0.2) is 14.5 Å². The minimum Gasteiger partial charge on any atom is -0.291 e. The van der Waals surface area contributed by atoms with Crippen LogP contribution in [-0.2, 0) is 5.41 Å². The molecule has 244 valence electrons. The van der Waals surface area contributed by atoms with Crippen molar-refractivity contribution < 1.29 is 0 Å². The zero-order chi connectivity index (χ0) is 34.6. The van der Waals surface area contributed by atoms with Gasteiger partial charge in [0.2, 0.25) is 0 Å². The van der Waals surface area contributed by atoms with E-state index in [-0.39, 0.29) is 5.41 Å². The zero-order valence-electron chi connectivity index (χ0n) is 28.9. The predicted octanol–water partition coefficient (Wildman–Crippen LogP) is 12.7. The van der Waals surface area contributed by atoms with Gasteiger partial charge in [-0.2, -0.15) is 0 Å². The zero-order valence-corrected chi connectivity index (χ0v) is 28.9. The quantitative estimate of drug-likeness (QED) is 0.176. The van der Waals surface area contributed by atoms with Gasteiger partial charge in [-0.15, -0.1) is 0 Å². The third-order valence-electron chi connectivity index (χ3n) is 11.4. The van der Waals surface area contributed by atoms with E-state index in [1.165, 1.54) is 65.7 Å². The van der Waals surface area contributed by atoms with E-state index in [9.17, 15) is 0 Å². The molecule has 0 unspecified atom stereocenters. The lowest BCUT2D eigenvalue weighted by Gasteiger charge is -2.22. The maximum Gasteiger partial charge on any atom is 0.165 e. The number of aromatic nitrogens is 3. The van der Waals surface area contributed by atoms with Crippen LogP contribution in [0, 0.1) is 0 Å². The molecular weight excluding hydrogens is 631 g/mol. The highest BCUT2D eigenvalue weighted by molar-refractivity contribution is 6.33. The summed E-state index contributed by atoms with van der Waals surface area (Å²) >= 11 is 0. The Morgan fingerprint density at radius 2 is 0.981 bits per heavy atom. The lowest BCUT2D eigenvalue weighted by molar-refractivity contribution is 0.660. The molecule has 0 spiro atoms. The van der Waals surface area contributed by atoms with Gasteiger partial charge in [-0.1, -0.05) is 166 Å². The van der Waals surface area contributed by atoms with Crippen LogP contribution >= 0.6 is 0 Å². The molecule has 0 atom stereocenters. The number of benzene rings is 8. The highest BCUT2D eigenvalue weighted by atomic mass is 15.1. The predicted molar refractivity (Wildman–Crippen MR) is 217 cm³/mol. The van der Waals surface area contributed by atoms with E-state index in [1.807, 2.05) is 6.07 Å². The number of hydrogen-bond donors (Lipinski definition) is 0. The number of para-hydroxylation sites is 3. The number of hydrogen-bond acceptors (Lipinski definition) is 2. The van der Waals surface area contributed by atoms with Crippen LogP contribution in [0.15, 0.2) is 164 Å². The second-order valence-corrected chi connectivity index (χ2v) is 14.5. The summed E-state index contributed by atoms with van der Waals surface area (Å²) in [6.07, 6.45) is 0. The molecule has 10 aromatic rings. The van der Waals surface area contributed by atoms with Crippen LogP contribution in [0.2, 0.25) is 0 Å². The van der Waals surface area contributed by atoms with Crippen LogP contribution in [0.4, 0.5) is 0 Å². The highest BCUT2D eigenvalue weighted by Crippen LogP contribution is 2.54. The van der Waals surface area contributed by atoms with Crippen LogP contribution in [0.25, 0.3) is 93.7 Å². The standard InChI is InChI=1S/C49H33N3/c1-49(2)39-26-11-10-22-37(39)43-34(23-15-27-40(43)49)36-24-14-25-38-44-33-20-8-6-18-31(33)32-19-7-9-21-35(32)47(44)52(46(36)38)48-45(30-16-4-3-5-17-30)50-41-28-12-13-29-42(41)51-48/h3-29H,1-2H3. The van der Waals surface area contributed by atoms with Crippen molar-refractivity contribution in [3.05, 3.63) is 175 Å². The summed E-state index contributed by atoms with van der Waals surface area (Å²) in [4.78, 5) is 10.9. The van der Waals surface area contributed by atoms with Gasteiger partial charge >= 0.3 is 0 Å². The summed E-state index contributed by atoms with van der Waals surface area (Å²) in [5.41, 5.74) is 13.6. The molecule has 3 heteroatoms. The Balaban J connectivity index is 1.40. The van der Waals surface area contributed by atoms with E-state index < -0.39 is 0 Å². The summed E-state index contributed by atoms with van der Waals surface area (Å²) in [6, 6.07) is 59.1. The molecule has 0 amide bonds. The Hall–Kier alpha value is -6.58. The lowest BCUT2D eigenvalue weighted by Crippen LogP contribution is -2.14. The highest BCUT2D eigenvalue weighted by Gasteiger charge is 2.37. The van der Waals surface area contributed by atoms with Gasteiger partial charge in [0.05, 0.1) is 22.1 Å². The lowest BCUT2D eigenvalue weighted by atomic mass is 9.82. The van der Waals surface area contributed by atoms with Crippen LogP contribution in [0.1, 0.15) is 25.0 Å². The average Bonchev–Trinajstić information content (AvgIpc) is 3.67. The molecule has 0 bridgehead atoms. The molecule has 2 heterocycles. The number of rotatable bonds is 3. The average molecular weight is 664 g/mol. The first kappa shape index (κ1) is 29.2. The molecular formula is C49H33N3. The smallest absolute Gasteiger partial charge is 0.165 e. The SMILES string of the molecule is CC1(C)c2ccccc2-c2c(-c3cccc4c5c6ccccc6c6ccccc6c5n(-c5nc6ccccc6nc5-c5ccccc5)c34)cccc21. The number of fused-ring (bicyclic) bond motifs is 12. The Morgan fingerprint density at radius 3 is 1.79 bits per heavy atom. The summed E-state index contributed by atoms with van der Waals surface area (Å²) in [6.45, 7) is 4.71. The molecule has 1 aliphatic carbocycles. The van der Waals surface area contributed by atoms with Gasteiger partial charge in [-0.05, 0) is 56.1 Å². The molecule has 0 N–H and O–H groups in total. The van der Waals surface area contributed by atoms with Crippen molar-refractivity contribution in [1.29, 1.82) is 0 Å². The summed E-state index contributed by atoms with van der Waals surface area (Å²) in [5.74, 6) is 0.825. The minimum atomic E-state index is -0.112. The van der Waals surface area contributed by atoms with E-state index in [0.717, 1.165) is 39.1 Å². The van der Waals surface area contributed by atoms with Gasteiger partial charge in [0.15, 0.2) is 5.82 Å². The fraction of sp³-hybridized carbons (Fsp3) is 0.0612. The Morgan fingerprint density at radius 1 is 0.423 bits per heavy atom. The molecule has 0 fully saturated rings. The van der Waals surface area contributed by atoms with Gasteiger partial charge < -0.3 is 0 Å². The van der Waals surface area contributed by atoms with E-state index in [1.54, 1.807) is 0 Å². The first-order valence-electron chi connectivity index (χ1n) is 18.0. The van der Waals surface area contributed by atoms with Crippen LogP contribution in [0.3, 0.4) is 0 Å². The van der Waals surface area contributed by atoms with Crippen LogP contribution in [0.5, 0.6) is 0 Å². The van der Waals surface area contributed by atoms with E-state index in [0.29, 0.717) is 0 Å². The Labute approximate surface area is 301 Å². The summed E-state index contributed by atoms with van der Waals surface area (Å²) in [7, 11) is 0. The normalized spacial score (nSPS) is 13.3. The molecule has 0 saturated heterocycles. The molecule has 0 aliphatic heterocycles. The van der Waals surface area contributed by atoms with E-state index >= 15 is 0 Å². The molecule has 1 aliphatic rings. The molecule has 3 nitrogen and oxygen atoms in total. The minimum absolute atomic E-state index is 0.112. The van der Waals surface area contributed by atoms with Crippen molar-refractivity contribution >= 4 is 54.4 Å². The molecule has 0 saturated carbocycles. The fourth-order valence-corrected chi connectivity index (χ4v) is 9.07. The van der Waals surface area contributed by atoms with Crippen molar-refractivity contribution in [3.8, 4) is 39.3 Å². The maximum atomic E-state index is 5.55. The maximum absolute atomic E-state index is 5.55. The summed E-state index contributed by atoms with van der Waals surface area (Å²) in [5, 5.41) is 7.33. The molecule has 52 heavy (non-hydrogen) atoms. The summed E-state index contributed by atoms with van der Waals surface area (Å²) < 4.78 is 2.45. The second-order valence-electron chi connectivity index (χ2n) is 14.5. The Kier molecular flexibility index (Phi) is 6.01. The third kappa shape index (κ3) is 3.91. The van der Waals surface area contributed by atoms with Gasteiger partial charge in [0, 0.05) is 32.7 Å². The van der Waals surface area contributed by atoms with Crippen LogP contribution < -0.4 is 0 Å². The van der Waals surface area contributed by atoms with E-state index in [4.69, 9.17) is 9.97 Å². The van der Waals surface area contributed by atoms with Crippen molar-refractivity contribution in [3.63, 3.8) is 0 Å². The van der Waals surface area contributed by atoms with Crippen molar-refractivity contribution in [2.24, 2.45) is 0 Å². The molecule has 8 aromatic carbocycles. The Bertz CT molecular complexity index is 3100. The van der Waals surface area contributed by atoms with Gasteiger partial charge in [0.25, 0.3) is 0 Å². The van der Waals surface area contributed by atoms with Crippen molar-refractivity contribution in [1.82, 2.24) is 14.5 Å². The molecule has 11 rings (SSSR count). The third-order valence-corrected chi connectivity index (χ3v) is 11.4. The molecule has 0 radical (unpaired) electrons. The first-order valence-corrected chi connectivity index (χ1v) is 18.0. The molecule has 2 aromatic heterocycles. The van der Waals surface area contributed by atoms with Gasteiger partial charge in [0.1, 0.15) is 5.69 Å². The topological polar surface area (TPSA) is 30.7 Å². The largest absolute Gasteiger partial charge is 0.291 e. The monoisotopic (exact) mass is 663 g/mol. The van der Waals surface area contributed by atoms with Gasteiger partial charge in [-0.25, -0.2) is 9.97 Å². The van der Waals surface area contributed by atoms with Crippen molar-refractivity contribution in [2.45, 2.75) is 19.3 Å². The van der Waals surface area contributed by atoms with E-state index in [2.05, 4.69) is 176 Å². The number of nitrogens with zero attached hydrogens (tertiary/aromatic N) is 3. The second kappa shape index (κ2) is 10.7. The van der Waals surface area contributed by atoms with Crippen molar-refractivity contribution in [2.75, 3.05) is 0 Å². The fourth-order valence-electron chi connectivity index (χ4n) is 9.07. The first-order chi connectivity index (χ1) is 25.6. The van der Waals surface area contributed by atoms with Gasteiger partial charge in [-0.3, -0.25) is 4.57 Å².